The number of hydrazone groups is 1. The number of non-ortho nitro benzene ring substituents is 1. The molecular formula is C14H14N6O7. The van der Waals surface area contributed by atoms with Crippen molar-refractivity contribution >= 4 is 22.8 Å². The number of rotatable bonds is 5. The first-order chi connectivity index (χ1) is 12.6. The van der Waals surface area contributed by atoms with Gasteiger partial charge in [-0.1, -0.05) is 0 Å². The van der Waals surface area contributed by atoms with Crippen LogP contribution in [0.2, 0.25) is 0 Å². The van der Waals surface area contributed by atoms with Gasteiger partial charge in [-0.15, -0.1) is 0 Å². The van der Waals surface area contributed by atoms with Crippen LogP contribution in [0.4, 0.5) is 17.1 Å². The van der Waals surface area contributed by atoms with E-state index in [0.717, 1.165) is 27.3 Å². The number of nitro groups is 2. The lowest BCUT2D eigenvalue weighted by Gasteiger charge is -2.10. The smallest absolute Gasteiger partial charge is 0.333 e. The third-order valence-electron chi connectivity index (χ3n) is 3.73. The molecule has 0 atom stereocenters. The predicted octanol–water partition coefficient (Wildman–Crippen LogP) is 0.442. The Balaban J connectivity index is 2.51. The van der Waals surface area contributed by atoms with E-state index in [2.05, 4.69) is 10.5 Å². The minimum Gasteiger partial charge on any atom is -0.494 e. The van der Waals surface area contributed by atoms with Gasteiger partial charge in [-0.05, 0) is 13.0 Å². The van der Waals surface area contributed by atoms with Crippen LogP contribution < -0.4 is 16.7 Å². The Hall–Kier alpha value is -4.03. The van der Waals surface area contributed by atoms with Crippen LogP contribution in [0.15, 0.2) is 32.9 Å². The zero-order valence-corrected chi connectivity index (χ0v) is 14.4. The van der Waals surface area contributed by atoms with Gasteiger partial charge >= 0.3 is 11.4 Å². The molecule has 1 aromatic carbocycles. The Labute approximate surface area is 150 Å². The van der Waals surface area contributed by atoms with Crippen LogP contribution in [-0.4, -0.2) is 29.8 Å². The average molecular weight is 378 g/mol. The molecule has 13 heteroatoms. The van der Waals surface area contributed by atoms with Crippen LogP contribution in [0.25, 0.3) is 0 Å². The lowest BCUT2D eigenvalue weighted by molar-refractivity contribution is -0.393. The summed E-state index contributed by atoms with van der Waals surface area (Å²) in [6.45, 7) is 1.34. The lowest BCUT2D eigenvalue weighted by atomic mass is 10.2. The van der Waals surface area contributed by atoms with Crippen LogP contribution in [0.1, 0.15) is 12.5 Å². The molecule has 142 valence electrons. The SMILES string of the molecule is C/C(=N\Nc1ccc([N+](=O)[O-])cc1[N+](=O)[O-])c1c(O)n(C)c(=O)n(C)c1=O. The van der Waals surface area contributed by atoms with Gasteiger partial charge in [-0.25, -0.2) is 4.79 Å². The van der Waals surface area contributed by atoms with E-state index in [0.29, 0.717) is 0 Å². The number of anilines is 1. The van der Waals surface area contributed by atoms with Crippen molar-refractivity contribution in [3.63, 3.8) is 0 Å². The van der Waals surface area contributed by atoms with E-state index in [1.165, 1.54) is 21.0 Å². The monoisotopic (exact) mass is 378 g/mol. The maximum Gasteiger partial charge on any atom is 0.333 e. The molecule has 27 heavy (non-hydrogen) atoms. The van der Waals surface area contributed by atoms with Gasteiger partial charge in [0.25, 0.3) is 11.2 Å². The molecular weight excluding hydrogens is 364 g/mol. The number of hydrogen-bond donors (Lipinski definition) is 2. The molecule has 0 saturated carbocycles. The zero-order chi connectivity index (χ0) is 20.5. The second kappa shape index (κ2) is 7.07. The summed E-state index contributed by atoms with van der Waals surface area (Å²) >= 11 is 0. The number of benzene rings is 1. The molecule has 0 bridgehead atoms. The van der Waals surface area contributed by atoms with Crippen molar-refractivity contribution in [1.82, 2.24) is 9.13 Å². The summed E-state index contributed by atoms with van der Waals surface area (Å²) in [7, 11) is 2.47. The largest absolute Gasteiger partial charge is 0.494 e. The highest BCUT2D eigenvalue weighted by molar-refractivity contribution is 6.00. The molecule has 2 rings (SSSR count). The van der Waals surface area contributed by atoms with E-state index in [-0.39, 0.29) is 17.0 Å². The average Bonchev–Trinajstić information content (AvgIpc) is 2.62. The van der Waals surface area contributed by atoms with E-state index in [1.54, 1.807) is 0 Å². The Morgan fingerprint density at radius 2 is 1.78 bits per heavy atom. The molecule has 0 amide bonds. The molecule has 0 spiro atoms. The first-order valence-electron chi connectivity index (χ1n) is 7.28. The van der Waals surface area contributed by atoms with Crippen LogP contribution in [0.3, 0.4) is 0 Å². The number of aromatic hydroxyl groups is 1. The Kier molecular flexibility index (Phi) is 5.05. The summed E-state index contributed by atoms with van der Waals surface area (Å²) in [6.07, 6.45) is 0. The lowest BCUT2D eigenvalue weighted by Crippen LogP contribution is -2.39. The molecule has 0 aliphatic carbocycles. The summed E-state index contributed by atoms with van der Waals surface area (Å²) in [5.41, 5.74) is -0.781. The highest BCUT2D eigenvalue weighted by Gasteiger charge is 2.21. The maximum atomic E-state index is 12.2. The Morgan fingerprint density at radius 1 is 1.15 bits per heavy atom. The third kappa shape index (κ3) is 3.51. The van der Waals surface area contributed by atoms with E-state index in [1.807, 2.05) is 0 Å². The van der Waals surface area contributed by atoms with Crippen LogP contribution >= 0.6 is 0 Å². The number of nitrogens with one attached hydrogen (secondary N) is 1. The number of nitrogens with zero attached hydrogens (tertiary/aromatic N) is 5. The first-order valence-corrected chi connectivity index (χ1v) is 7.28. The Bertz CT molecular complexity index is 1100. The van der Waals surface area contributed by atoms with Crippen molar-refractivity contribution in [2.45, 2.75) is 6.92 Å². The van der Waals surface area contributed by atoms with Crippen LogP contribution in [-0.2, 0) is 14.1 Å². The highest BCUT2D eigenvalue weighted by Crippen LogP contribution is 2.29. The van der Waals surface area contributed by atoms with Gasteiger partial charge in [-0.3, -0.25) is 39.6 Å². The van der Waals surface area contributed by atoms with Crippen molar-refractivity contribution in [1.29, 1.82) is 0 Å². The van der Waals surface area contributed by atoms with Gasteiger partial charge in [0.2, 0.25) is 5.88 Å². The molecule has 13 nitrogen and oxygen atoms in total. The second-order valence-electron chi connectivity index (χ2n) is 5.43. The summed E-state index contributed by atoms with van der Waals surface area (Å²) in [5.74, 6) is -0.621. The highest BCUT2D eigenvalue weighted by atomic mass is 16.6. The van der Waals surface area contributed by atoms with Gasteiger partial charge in [0.05, 0.1) is 21.6 Å². The van der Waals surface area contributed by atoms with Gasteiger partial charge in [0, 0.05) is 20.2 Å². The zero-order valence-electron chi connectivity index (χ0n) is 14.4. The fourth-order valence-electron chi connectivity index (χ4n) is 2.23. The van der Waals surface area contributed by atoms with Crippen LogP contribution in [0, 0.1) is 20.2 Å². The van der Waals surface area contributed by atoms with Gasteiger partial charge in [-0.2, -0.15) is 5.10 Å². The van der Waals surface area contributed by atoms with Gasteiger partial charge < -0.3 is 5.11 Å². The minimum absolute atomic E-state index is 0.0589. The van der Waals surface area contributed by atoms with Crippen molar-refractivity contribution < 1.29 is 15.0 Å². The molecule has 2 N–H and O–H groups in total. The number of nitro benzene ring substituents is 2. The molecule has 0 aliphatic heterocycles. The van der Waals surface area contributed by atoms with Crippen LogP contribution in [0.5, 0.6) is 5.88 Å². The standard InChI is InChI=1S/C14H14N6O7/c1-7(11-12(21)17(2)14(23)18(3)13(11)22)15-16-9-5-4-8(19(24)25)6-10(9)20(26)27/h4-6,16,21H,1-3H3/b15-7+. The normalized spacial score (nSPS) is 11.3. The summed E-state index contributed by atoms with van der Waals surface area (Å²) in [6, 6.07) is 2.89. The molecule has 1 aromatic heterocycles. The van der Waals surface area contributed by atoms with Gasteiger partial charge in [0.15, 0.2) is 0 Å². The van der Waals surface area contributed by atoms with E-state index < -0.39 is 38.4 Å². The topological polar surface area (TPSA) is 175 Å². The van der Waals surface area contributed by atoms with Crippen molar-refractivity contribution in [2.24, 2.45) is 19.2 Å². The molecule has 0 aliphatic rings. The predicted molar refractivity (Wildman–Crippen MR) is 94.2 cm³/mol. The number of hydrogen-bond acceptors (Lipinski definition) is 9. The fourth-order valence-corrected chi connectivity index (χ4v) is 2.23. The molecule has 0 fully saturated rings. The van der Waals surface area contributed by atoms with Crippen molar-refractivity contribution in [3.8, 4) is 5.88 Å². The molecule has 0 radical (unpaired) electrons. The number of aromatic nitrogens is 2. The van der Waals surface area contributed by atoms with E-state index in [9.17, 15) is 34.9 Å². The quantitative estimate of drug-likeness (QED) is 0.428. The maximum absolute atomic E-state index is 12.2. The van der Waals surface area contributed by atoms with E-state index in [4.69, 9.17) is 0 Å². The molecule has 0 saturated heterocycles. The minimum atomic E-state index is -0.830. The molecule has 2 aromatic rings. The molecule has 0 unspecified atom stereocenters. The Morgan fingerprint density at radius 3 is 2.33 bits per heavy atom. The summed E-state index contributed by atoms with van der Waals surface area (Å²) < 4.78 is 1.60. The summed E-state index contributed by atoms with van der Waals surface area (Å²) in [5, 5.41) is 35.7. The van der Waals surface area contributed by atoms with Crippen molar-refractivity contribution in [3.05, 3.63) is 64.8 Å². The molecule has 1 heterocycles. The van der Waals surface area contributed by atoms with Crippen molar-refractivity contribution in [2.75, 3.05) is 5.43 Å². The first kappa shape index (κ1) is 19.3. The van der Waals surface area contributed by atoms with Gasteiger partial charge in [0.1, 0.15) is 11.3 Å². The fraction of sp³-hybridized carbons (Fsp3) is 0.214. The second-order valence-corrected chi connectivity index (χ2v) is 5.43. The third-order valence-corrected chi connectivity index (χ3v) is 3.73. The summed E-state index contributed by atoms with van der Waals surface area (Å²) in [4.78, 5) is 44.2. The van der Waals surface area contributed by atoms with E-state index >= 15 is 0 Å².